The molecule has 2 fully saturated rings. The summed E-state index contributed by atoms with van der Waals surface area (Å²) in [6, 6.07) is 3.76. The maximum Gasteiger partial charge on any atom is 0.250 e. The summed E-state index contributed by atoms with van der Waals surface area (Å²) in [5, 5.41) is 4.20. The molecular weight excluding hydrogens is 433 g/mol. The van der Waals surface area contributed by atoms with Gasteiger partial charge in [-0.1, -0.05) is 0 Å². The van der Waals surface area contributed by atoms with Crippen LogP contribution in [-0.2, 0) is 0 Å². The van der Waals surface area contributed by atoms with Crippen LogP contribution in [0.15, 0.2) is 21.7 Å². The quantitative estimate of drug-likeness (QED) is 0.424. The molecule has 2 aromatic rings. The second-order valence-electron chi connectivity index (χ2n) is 6.16. The van der Waals surface area contributed by atoms with E-state index in [0.29, 0.717) is 11.7 Å². The molecule has 9 heteroatoms. The zero-order valence-electron chi connectivity index (χ0n) is 13.9. The molecule has 0 aliphatic carbocycles. The summed E-state index contributed by atoms with van der Waals surface area (Å²) in [5.41, 5.74) is 2.92. The van der Waals surface area contributed by atoms with Gasteiger partial charge in [0.25, 0.3) is 0 Å². The highest BCUT2D eigenvalue weighted by molar-refractivity contribution is 14.1. The van der Waals surface area contributed by atoms with Crippen molar-refractivity contribution in [2.45, 2.75) is 25.7 Å². The second kappa shape index (κ2) is 7.54. The second-order valence-corrected chi connectivity index (χ2v) is 7.22. The Morgan fingerprint density at radius 2 is 1.56 bits per heavy atom. The number of hydrazone groups is 1. The molecule has 2 aromatic heterocycles. The Morgan fingerprint density at radius 3 is 2.08 bits per heavy atom. The number of aromatic nitrogens is 3. The third-order valence-corrected chi connectivity index (χ3v) is 4.92. The fourth-order valence-electron chi connectivity index (χ4n) is 3.07. The van der Waals surface area contributed by atoms with Crippen LogP contribution >= 0.6 is 22.6 Å². The van der Waals surface area contributed by atoms with Crippen LogP contribution in [0.2, 0.25) is 0 Å². The third kappa shape index (κ3) is 4.02. The van der Waals surface area contributed by atoms with Crippen LogP contribution in [0.25, 0.3) is 0 Å². The van der Waals surface area contributed by atoms with Crippen LogP contribution < -0.4 is 15.2 Å². The number of rotatable bonds is 5. The van der Waals surface area contributed by atoms with E-state index >= 15 is 0 Å². The number of nitrogens with zero attached hydrogens (tertiary/aromatic N) is 6. The van der Waals surface area contributed by atoms with Crippen LogP contribution in [0.3, 0.4) is 0 Å². The lowest BCUT2D eigenvalue weighted by molar-refractivity contribution is 0.531. The largest absolute Gasteiger partial charge is 0.449 e. The van der Waals surface area contributed by atoms with Crippen LogP contribution in [0.1, 0.15) is 31.4 Å². The molecule has 1 N–H and O–H groups in total. The molecule has 132 valence electrons. The Balaban J connectivity index is 1.55. The van der Waals surface area contributed by atoms with Gasteiger partial charge in [-0.15, -0.1) is 0 Å². The Labute approximate surface area is 159 Å². The van der Waals surface area contributed by atoms with Crippen molar-refractivity contribution >= 4 is 46.7 Å². The molecule has 0 spiro atoms. The van der Waals surface area contributed by atoms with Gasteiger partial charge in [0.2, 0.25) is 17.8 Å². The average Bonchev–Trinajstić information content (AvgIpc) is 3.38. The minimum absolute atomic E-state index is 0.469. The highest BCUT2D eigenvalue weighted by Crippen LogP contribution is 2.22. The van der Waals surface area contributed by atoms with Gasteiger partial charge in [-0.05, 0) is 60.4 Å². The molecule has 4 heterocycles. The van der Waals surface area contributed by atoms with Gasteiger partial charge in [-0.2, -0.15) is 20.1 Å². The first kappa shape index (κ1) is 16.6. The molecule has 0 unspecified atom stereocenters. The molecular formula is C16H20IN7O. The molecule has 0 saturated carbocycles. The maximum atomic E-state index is 5.46. The third-order valence-electron chi connectivity index (χ3n) is 4.34. The molecule has 4 rings (SSSR count). The van der Waals surface area contributed by atoms with E-state index in [4.69, 9.17) is 4.42 Å². The van der Waals surface area contributed by atoms with Crippen LogP contribution in [0.5, 0.6) is 0 Å². The molecule has 0 bridgehead atoms. The lowest BCUT2D eigenvalue weighted by Gasteiger charge is -2.20. The van der Waals surface area contributed by atoms with Gasteiger partial charge in [0, 0.05) is 26.2 Å². The van der Waals surface area contributed by atoms with E-state index < -0.39 is 0 Å². The number of hydrogen-bond acceptors (Lipinski definition) is 8. The van der Waals surface area contributed by atoms with E-state index in [1.807, 2.05) is 12.1 Å². The monoisotopic (exact) mass is 453 g/mol. The summed E-state index contributed by atoms with van der Waals surface area (Å²) in [4.78, 5) is 18.2. The van der Waals surface area contributed by atoms with E-state index in [9.17, 15) is 0 Å². The minimum atomic E-state index is 0.469. The van der Waals surface area contributed by atoms with Gasteiger partial charge in [-0.3, -0.25) is 0 Å². The molecule has 2 aliphatic heterocycles. The van der Waals surface area contributed by atoms with Crippen molar-refractivity contribution in [2.75, 3.05) is 41.4 Å². The number of halogens is 1. The molecule has 0 atom stereocenters. The summed E-state index contributed by atoms with van der Waals surface area (Å²) >= 11 is 2.12. The number of nitrogens with one attached hydrogen (secondary N) is 1. The SMILES string of the molecule is Ic1ccc(C=NNc2nc(N3CCCC3)nc(N3CCCC3)n2)o1. The molecule has 0 aromatic carbocycles. The fraction of sp³-hybridized carbons (Fsp3) is 0.500. The zero-order chi connectivity index (χ0) is 17.1. The van der Waals surface area contributed by atoms with Crippen molar-refractivity contribution in [1.29, 1.82) is 0 Å². The van der Waals surface area contributed by atoms with Crippen molar-refractivity contribution in [3.63, 3.8) is 0 Å². The predicted octanol–water partition coefficient (Wildman–Crippen LogP) is 2.72. The Bertz CT molecular complexity index is 716. The van der Waals surface area contributed by atoms with Gasteiger partial charge in [0.05, 0.1) is 6.21 Å². The summed E-state index contributed by atoms with van der Waals surface area (Å²) in [6.45, 7) is 3.99. The van der Waals surface area contributed by atoms with Crippen LogP contribution in [0.4, 0.5) is 17.8 Å². The van der Waals surface area contributed by atoms with Gasteiger partial charge < -0.3 is 14.2 Å². The molecule has 8 nitrogen and oxygen atoms in total. The van der Waals surface area contributed by atoms with Crippen molar-refractivity contribution in [1.82, 2.24) is 15.0 Å². The number of anilines is 3. The zero-order valence-corrected chi connectivity index (χ0v) is 16.0. The first-order valence-corrected chi connectivity index (χ1v) is 9.66. The molecule has 2 aliphatic rings. The van der Waals surface area contributed by atoms with Crippen molar-refractivity contribution in [3.8, 4) is 0 Å². The maximum absolute atomic E-state index is 5.46. The first-order valence-electron chi connectivity index (χ1n) is 8.58. The smallest absolute Gasteiger partial charge is 0.250 e. The summed E-state index contributed by atoms with van der Waals surface area (Å²) in [7, 11) is 0. The fourth-order valence-corrected chi connectivity index (χ4v) is 3.51. The van der Waals surface area contributed by atoms with Gasteiger partial charge in [0.15, 0.2) is 3.77 Å². The van der Waals surface area contributed by atoms with Crippen molar-refractivity contribution in [2.24, 2.45) is 5.10 Å². The normalized spacial score (nSPS) is 17.8. The van der Waals surface area contributed by atoms with Crippen LogP contribution in [0, 0.1) is 3.77 Å². The summed E-state index contributed by atoms with van der Waals surface area (Å²) in [6.07, 6.45) is 6.36. The van der Waals surface area contributed by atoms with E-state index in [1.54, 1.807) is 6.21 Å². The topological polar surface area (TPSA) is 82.7 Å². The van der Waals surface area contributed by atoms with E-state index in [2.05, 4.69) is 57.9 Å². The lowest BCUT2D eigenvalue weighted by atomic mass is 10.4. The Hall–Kier alpha value is -1.91. The molecule has 25 heavy (non-hydrogen) atoms. The Kier molecular flexibility index (Phi) is 4.99. The van der Waals surface area contributed by atoms with Gasteiger partial charge in [-0.25, -0.2) is 5.43 Å². The summed E-state index contributed by atoms with van der Waals surface area (Å²) < 4.78 is 6.28. The van der Waals surface area contributed by atoms with Gasteiger partial charge in [0.1, 0.15) is 5.76 Å². The van der Waals surface area contributed by atoms with Crippen molar-refractivity contribution in [3.05, 3.63) is 21.7 Å². The highest BCUT2D eigenvalue weighted by atomic mass is 127. The first-order chi connectivity index (χ1) is 12.3. The van der Waals surface area contributed by atoms with E-state index in [0.717, 1.165) is 41.8 Å². The minimum Gasteiger partial charge on any atom is -0.449 e. The standard InChI is InChI=1S/C16H20IN7O/c17-13-6-5-12(25-13)11-18-22-14-19-15(23-7-1-2-8-23)21-16(20-14)24-9-3-4-10-24/h5-6,11H,1-4,7-10H2,(H,19,20,21,22). The molecule has 2 saturated heterocycles. The predicted molar refractivity (Wildman–Crippen MR) is 105 cm³/mol. The number of hydrogen-bond donors (Lipinski definition) is 1. The van der Waals surface area contributed by atoms with Crippen molar-refractivity contribution < 1.29 is 4.42 Å². The summed E-state index contributed by atoms with van der Waals surface area (Å²) in [5.74, 6) is 2.63. The van der Waals surface area contributed by atoms with Gasteiger partial charge >= 0.3 is 0 Å². The van der Waals surface area contributed by atoms with E-state index in [1.165, 1.54) is 25.7 Å². The highest BCUT2D eigenvalue weighted by Gasteiger charge is 2.21. The Morgan fingerprint density at radius 1 is 0.960 bits per heavy atom. The number of furan rings is 1. The molecule has 0 radical (unpaired) electrons. The van der Waals surface area contributed by atoms with E-state index in [-0.39, 0.29) is 0 Å². The lowest BCUT2D eigenvalue weighted by Crippen LogP contribution is -2.25. The average molecular weight is 453 g/mol. The van der Waals surface area contributed by atoms with Crippen LogP contribution in [-0.4, -0.2) is 47.3 Å². The molecule has 0 amide bonds.